The van der Waals surface area contributed by atoms with E-state index in [0.717, 1.165) is 52.0 Å². The predicted molar refractivity (Wildman–Crippen MR) is 99.6 cm³/mol. The van der Waals surface area contributed by atoms with Crippen LogP contribution < -0.4 is 5.32 Å². The lowest BCUT2D eigenvalue weighted by molar-refractivity contribution is 0.0211. The minimum Gasteiger partial charge on any atom is -0.381 e. The van der Waals surface area contributed by atoms with Gasteiger partial charge in [0.1, 0.15) is 0 Å². The van der Waals surface area contributed by atoms with E-state index in [9.17, 15) is 4.79 Å². The summed E-state index contributed by atoms with van der Waals surface area (Å²) in [6.45, 7) is 8.39. The maximum Gasteiger partial charge on any atom is 0.317 e. The van der Waals surface area contributed by atoms with Gasteiger partial charge in [-0.2, -0.15) is 4.98 Å². The van der Waals surface area contributed by atoms with E-state index in [1.807, 2.05) is 18.7 Å². The van der Waals surface area contributed by atoms with E-state index in [0.29, 0.717) is 37.2 Å². The molecule has 27 heavy (non-hydrogen) atoms. The number of hydrogen-bond acceptors (Lipinski definition) is 6. The van der Waals surface area contributed by atoms with Gasteiger partial charge in [0, 0.05) is 45.4 Å². The first-order valence-corrected chi connectivity index (χ1v) is 10.1. The van der Waals surface area contributed by atoms with Gasteiger partial charge in [-0.25, -0.2) is 4.79 Å². The van der Waals surface area contributed by atoms with Crippen molar-refractivity contribution < 1.29 is 18.8 Å². The summed E-state index contributed by atoms with van der Waals surface area (Å²) in [4.78, 5) is 18.6. The monoisotopic (exact) mass is 380 g/mol. The average Bonchev–Trinajstić information content (AvgIpc) is 3.15. The van der Waals surface area contributed by atoms with E-state index in [1.54, 1.807) is 0 Å². The van der Waals surface area contributed by atoms with Crippen LogP contribution in [0.1, 0.15) is 57.2 Å². The van der Waals surface area contributed by atoms with Crippen LogP contribution in [0, 0.1) is 5.92 Å². The Morgan fingerprint density at radius 1 is 1.33 bits per heavy atom. The van der Waals surface area contributed by atoms with Crippen LogP contribution in [0.4, 0.5) is 4.79 Å². The van der Waals surface area contributed by atoms with Gasteiger partial charge in [0.25, 0.3) is 0 Å². The van der Waals surface area contributed by atoms with Crippen molar-refractivity contribution in [1.82, 2.24) is 20.4 Å². The highest BCUT2D eigenvalue weighted by Crippen LogP contribution is 2.25. The molecule has 2 amide bonds. The van der Waals surface area contributed by atoms with Crippen LogP contribution >= 0.6 is 0 Å². The molecule has 0 spiro atoms. The number of likely N-dealkylation sites (tertiary alicyclic amines) is 1. The van der Waals surface area contributed by atoms with E-state index >= 15 is 0 Å². The highest BCUT2D eigenvalue weighted by molar-refractivity contribution is 5.74. The molecule has 2 aliphatic rings. The van der Waals surface area contributed by atoms with Crippen LogP contribution in [0.2, 0.25) is 0 Å². The Morgan fingerprint density at radius 2 is 2.15 bits per heavy atom. The molecule has 8 heteroatoms. The molecule has 1 N–H and O–H groups in total. The molecule has 2 saturated heterocycles. The molecule has 0 aliphatic carbocycles. The fraction of sp³-hybridized carbons (Fsp3) is 0.842. The predicted octanol–water partition coefficient (Wildman–Crippen LogP) is 2.35. The van der Waals surface area contributed by atoms with E-state index in [-0.39, 0.29) is 18.0 Å². The van der Waals surface area contributed by atoms with Gasteiger partial charge in [-0.15, -0.1) is 0 Å². The molecule has 1 aromatic rings. The van der Waals surface area contributed by atoms with Crippen LogP contribution in [0.3, 0.4) is 0 Å². The number of piperidine rings is 1. The Balaban J connectivity index is 1.42. The number of ether oxygens (including phenoxy) is 2. The van der Waals surface area contributed by atoms with Crippen LogP contribution in [0.5, 0.6) is 0 Å². The fourth-order valence-electron chi connectivity index (χ4n) is 3.56. The second-order valence-corrected chi connectivity index (χ2v) is 7.82. The number of hydrogen-bond donors (Lipinski definition) is 1. The zero-order valence-electron chi connectivity index (χ0n) is 16.5. The van der Waals surface area contributed by atoms with Gasteiger partial charge in [-0.05, 0) is 45.4 Å². The van der Waals surface area contributed by atoms with Crippen molar-refractivity contribution in [3.05, 3.63) is 11.7 Å². The molecule has 2 fully saturated rings. The molecule has 3 heterocycles. The Morgan fingerprint density at radius 3 is 2.93 bits per heavy atom. The molecule has 0 saturated carbocycles. The van der Waals surface area contributed by atoms with E-state index in [1.165, 1.54) is 0 Å². The molecule has 0 aromatic carbocycles. The molecule has 8 nitrogen and oxygen atoms in total. The van der Waals surface area contributed by atoms with Crippen molar-refractivity contribution in [3.63, 3.8) is 0 Å². The van der Waals surface area contributed by atoms with Gasteiger partial charge in [-0.3, -0.25) is 0 Å². The first kappa shape index (κ1) is 20.1. The molecule has 152 valence electrons. The fourth-order valence-corrected chi connectivity index (χ4v) is 3.56. The quantitative estimate of drug-likeness (QED) is 0.731. The van der Waals surface area contributed by atoms with Gasteiger partial charge in [-0.1, -0.05) is 5.16 Å². The summed E-state index contributed by atoms with van der Waals surface area (Å²) < 4.78 is 16.6. The Kier molecular flexibility index (Phi) is 7.46. The van der Waals surface area contributed by atoms with Gasteiger partial charge in [0.2, 0.25) is 5.89 Å². The third-order valence-electron chi connectivity index (χ3n) is 5.12. The van der Waals surface area contributed by atoms with E-state index < -0.39 is 0 Å². The van der Waals surface area contributed by atoms with Crippen LogP contribution in [-0.2, 0) is 15.9 Å². The molecular weight excluding hydrogens is 348 g/mol. The summed E-state index contributed by atoms with van der Waals surface area (Å²) in [5, 5.41) is 7.04. The molecule has 1 atom stereocenters. The lowest BCUT2D eigenvalue weighted by Crippen LogP contribution is -2.47. The van der Waals surface area contributed by atoms with Crippen molar-refractivity contribution in [3.8, 4) is 0 Å². The zero-order valence-corrected chi connectivity index (χ0v) is 16.5. The van der Waals surface area contributed by atoms with Gasteiger partial charge < -0.3 is 24.2 Å². The third kappa shape index (κ3) is 6.17. The third-order valence-corrected chi connectivity index (χ3v) is 5.12. The lowest BCUT2D eigenvalue weighted by Gasteiger charge is -2.31. The van der Waals surface area contributed by atoms with Crippen LogP contribution in [-0.4, -0.2) is 66.6 Å². The molecule has 0 radical (unpaired) electrons. The van der Waals surface area contributed by atoms with E-state index in [2.05, 4.69) is 15.5 Å². The minimum absolute atomic E-state index is 0.0176. The summed E-state index contributed by atoms with van der Waals surface area (Å²) in [6.07, 6.45) is 4.72. The van der Waals surface area contributed by atoms with Crippen molar-refractivity contribution in [2.45, 2.75) is 57.9 Å². The molecule has 1 unspecified atom stereocenters. The van der Waals surface area contributed by atoms with Crippen LogP contribution in [0.25, 0.3) is 0 Å². The normalized spacial score (nSPS) is 21.6. The largest absolute Gasteiger partial charge is 0.381 e. The summed E-state index contributed by atoms with van der Waals surface area (Å²) in [6, 6.07) is 0.116. The van der Waals surface area contributed by atoms with Crippen molar-refractivity contribution in [2.75, 3.05) is 39.5 Å². The first-order valence-electron chi connectivity index (χ1n) is 10.1. The van der Waals surface area contributed by atoms with Crippen molar-refractivity contribution >= 4 is 6.03 Å². The topological polar surface area (TPSA) is 89.7 Å². The highest BCUT2D eigenvalue weighted by atomic mass is 16.5. The smallest absolute Gasteiger partial charge is 0.317 e. The summed E-state index contributed by atoms with van der Waals surface area (Å²) in [7, 11) is 0. The number of nitrogens with one attached hydrogen (secondary N) is 1. The second kappa shape index (κ2) is 10.0. The molecule has 2 aliphatic heterocycles. The highest BCUT2D eigenvalue weighted by Gasteiger charge is 2.28. The average molecular weight is 380 g/mol. The maximum atomic E-state index is 12.2. The molecular formula is C19H32N4O4. The van der Waals surface area contributed by atoms with Gasteiger partial charge in [0.15, 0.2) is 5.82 Å². The van der Waals surface area contributed by atoms with Gasteiger partial charge >= 0.3 is 6.03 Å². The molecule has 3 rings (SSSR count). The van der Waals surface area contributed by atoms with Crippen molar-refractivity contribution in [1.29, 1.82) is 0 Å². The van der Waals surface area contributed by atoms with Gasteiger partial charge in [0.05, 0.1) is 12.5 Å². The summed E-state index contributed by atoms with van der Waals surface area (Å²) >= 11 is 0. The SMILES string of the molecule is CC(C)NC(=O)N1CCCC(c2nc(CCOCC3CCOCC3)no2)C1. The lowest BCUT2D eigenvalue weighted by atomic mass is 9.98. The molecule has 1 aromatic heterocycles. The number of amides is 2. The first-order chi connectivity index (χ1) is 13.1. The molecule has 0 bridgehead atoms. The Bertz CT molecular complexity index is 586. The maximum absolute atomic E-state index is 12.2. The van der Waals surface area contributed by atoms with Crippen molar-refractivity contribution in [2.24, 2.45) is 5.92 Å². The zero-order chi connectivity index (χ0) is 19.1. The number of nitrogens with zero attached hydrogens (tertiary/aromatic N) is 3. The summed E-state index contributed by atoms with van der Waals surface area (Å²) in [5.74, 6) is 2.03. The second-order valence-electron chi connectivity index (χ2n) is 7.82. The number of carbonyl (C=O) groups is 1. The Hall–Kier alpha value is -1.67. The Labute approximate surface area is 161 Å². The number of aromatic nitrogens is 2. The standard InChI is InChI=1S/C19H32N4O4/c1-14(2)20-19(24)23-8-3-4-16(12-23)18-21-17(22-27-18)7-11-26-13-15-5-9-25-10-6-15/h14-16H,3-13H2,1-2H3,(H,20,24). The number of carbonyl (C=O) groups excluding carboxylic acids is 1. The number of urea groups is 1. The number of rotatable bonds is 7. The minimum atomic E-state index is -0.0176. The summed E-state index contributed by atoms with van der Waals surface area (Å²) in [5.41, 5.74) is 0. The van der Waals surface area contributed by atoms with E-state index in [4.69, 9.17) is 14.0 Å². The van der Waals surface area contributed by atoms with Crippen LogP contribution in [0.15, 0.2) is 4.52 Å².